The van der Waals surface area contributed by atoms with E-state index in [9.17, 15) is 13.2 Å². The maximum atomic E-state index is 13.1. The van der Waals surface area contributed by atoms with Crippen molar-refractivity contribution in [1.82, 2.24) is 4.90 Å². The Kier molecular flexibility index (Phi) is 5.32. The van der Waals surface area contributed by atoms with Gasteiger partial charge >= 0.3 is 6.18 Å². The summed E-state index contributed by atoms with van der Waals surface area (Å²) in [6.07, 6.45) is -3.41. The highest BCUT2D eigenvalue weighted by Crippen LogP contribution is 2.36. The second-order valence-electron chi connectivity index (χ2n) is 4.89. The van der Waals surface area contributed by atoms with Crippen LogP contribution in [0.25, 0.3) is 0 Å². The molecule has 0 spiro atoms. The molecule has 0 radical (unpaired) electrons. The van der Waals surface area contributed by atoms with Gasteiger partial charge in [-0.3, -0.25) is 0 Å². The van der Waals surface area contributed by atoms with Gasteiger partial charge in [-0.15, -0.1) is 0 Å². The van der Waals surface area contributed by atoms with E-state index in [1.54, 1.807) is 12.1 Å². The van der Waals surface area contributed by atoms with E-state index in [0.29, 0.717) is 18.8 Å². The molecule has 1 heterocycles. The molecular formula is C14H18BrF3N2. The molecule has 6 heteroatoms. The van der Waals surface area contributed by atoms with Crippen LogP contribution in [-0.2, 0) is 6.18 Å². The van der Waals surface area contributed by atoms with Gasteiger partial charge in [0.05, 0.1) is 5.56 Å². The molecule has 1 saturated heterocycles. The van der Waals surface area contributed by atoms with Crippen molar-refractivity contribution in [3.8, 4) is 0 Å². The molecule has 0 aliphatic carbocycles. The Morgan fingerprint density at radius 3 is 2.50 bits per heavy atom. The van der Waals surface area contributed by atoms with Crippen LogP contribution in [0, 0.1) is 0 Å². The Morgan fingerprint density at radius 1 is 1.05 bits per heavy atom. The third kappa shape index (κ3) is 3.88. The normalized spacial score (nSPS) is 18.1. The first kappa shape index (κ1) is 15.6. The molecule has 112 valence electrons. The lowest BCUT2D eigenvalue weighted by Crippen LogP contribution is -2.32. The molecule has 1 aromatic rings. The average Bonchev–Trinajstić information content (AvgIpc) is 2.64. The minimum atomic E-state index is -4.29. The first-order chi connectivity index (χ1) is 9.52. The summed E-state index contributed by atoms with van der Waals surface area (Å²) in [5.74, 6) is 0. The first-order valence-electron chi connectivity index (χ1n) is 6.72. The van der Waals surface area contributed by atoms with E-state index in [2.05, 4.69) is 20.8 Å². The van der Waals surface area contributed by atoms with Crippen LogP contribution < -0.4 is 4.90 Å². The fourth-order valence-electron chi connectivity index (χ4n) is 2.54. The zero-order chi connectivity index (χ0) is 14.6. The first-order valence-corrected chi connectivity index (χ1v) is 7.84. The van der Waals surface area contributed by atoms with E-state index >= 15 is 0 Å². The molecule has 1 fully saturated rings. The molecule has 2 nitrogen and oxygen atoms in total. The number of alkyl halides is 4. The van der Waals surface area contributed by atoms with Crippen LogP contribution >= 0.6 is 15.9 Å². The van der Waals surface area contributed by atoms with Gasteiger partial charge in [-0.1, -0.05) is 28.1 Å². The molecule has 0 atom stereocenters. The number of halogens is 4. The Balaban J connectivity index is 2.16. The van der Waals surface area contributed by atoms with Crippen LogP contribution in [0.4, 0.5) is 18.9 Å². The maximum Gasteiger partial charge on any atom is 0.418 e. The second-order valence-corrected chi connectivity index (χ2v) is 5.68. The summed E-state index contributed by atoms with van der Waals surface area (Å²) in [6.45, 7) is 3.99. The summed E-state index contributed by atoms with van der Waals surface area (Å²) in [7, 11) is 0. The Hall–Kier alpha value is -0.750. The number of nitrogens with zero attached hydrogens (tertiary/aromatic N) is 2. The van der Waals surface area contributed by atoms with Gasteiger partial charge in [0.1, 0.15) is 0 Å². The minimum absolute atomic E-state index is 0.306. The quantitative estimate of drug-likeness (QED) is 0.768. The van der Waals surface area contributed by atoms with Gasteiger partial charge in [0, 0.05) is 37.2 Å². The van der Waals surface area contributed by atoms with Crippen molar-refractivity contribution >= 4 is 21.6 Å². The Morgan fingerprint density at radius 2 is 1.80 bits per heavy atom. The average molecular weight is 351 g/mol. The standard InChI is InChI=1S/C14H18BrF3N2/c15-6-9-19-7-3-8-20(11-10-19)13-5-2-1-4-12(13)14(16,17)18/h1-2,4-5H,3,6-11H2. The summed E-state index contributed by atoms with van der Waals surface area (Å²) in [6, 6.07) is 5.85. The van der Waals surface area contributed by atoms with Crippen LogP contribution in [0.2, 0.25) is 0 Å². The van der Waals surface area contributed by atoms with Crippen molar-refractivity contribution in [2.24, 2.45) is 0 Å². The summed E-state index contributed by atoms with van der Waals surface area (Å²) < 4.78 is 39.2. The molecule has 0 aromatic heterocycles. The van der Waals surface area contributed by atoms with Crippen molar-refractivity contribution in [2.75, 3.05) is 43.0 Å². The summed E-state index contributed by atoms with van der Waals surface area (Å²) in [5, 5.41) is 0.895. The summed E-state index contributed by atoms with van der Waals surface area (Å²) in [5.41, 5.74) is -0.227. The van der Waals surface area contributed by atoms with Crippen LogP contribution in [-0.4, -0.2) is 43.0 Å². The number of rotatable bonds is 3. The number of para-hydroxylation sites is 1. The summed E-state index contributed by atoms with van der Waals surface area (Å²) >= 11 is 3.40. The van der Waals surface area contributed by atoms with Crippen LogP contribution in [0.5, 0.6) is 0 Å². The van der Waals surface area contributed by atoms with Crippen LogP contribution in [0.1, 0.15) is 12.0 Å². The fraction of sp³-hybridized carbons (Fsp3) is 0.571. The topological polar surface area (TPSA) is 6.48 Å². The predicted octanol–water partition coefficient (Wildman–Crippen LogP) is 3.61. The number of hydrogen-bond donors (Lipinski definition) is 0. The maximum absolute atomic E-state index is 13.1. The number of hydrogen-bond acceptors (Lipinski definition) is 2. The third-order valence-corrected chi connectivity index (χ3v) is 3.89. The number of benzene rings is 1. The number of anilines is 1. The predicted molar refractivity (Wildman–Crippen MR) is 78.5 cm³/mol. The van der Waals surface area contributed by atoms with Gasteiger partial charge in [-0.2, -0.15) is 13.2 Å². The zero-order valence-corrected chi connectivity index (χ0v) is 12.8. The molecular weight excluding hydrogens is 333 g/mol. The molecule has 0 amide bonds. The van der Waals surface area contributed by atoms with Crippen molar-refractivity contribution in [2.45, 2.75) is 12.6 Å². The fourth-order valence-corrected chi connectivity index (χ4v) is 3.05. The molecule has 0 saturated carbocycles. The lowest BCUT2D eigenvalue weighted by molar-refractivity contribution is -0.137. The van der Waals surface area contributed by atoms with Gasteiger partial charge in [-0.25, -0.2) is 0 Å². The highest BCUT2D eigenvalue weighted by molar-refractivity contribution is 9.09. The van der Waals surface area contributed by atoms with Crippen molar-refractivity contribution in [1.29, 1.82) is 0 Å². The molecule has 1 aromatic carbocycles. The SMILES string of the molecule is FC(F)(F)c1ccccc1N1CCCN(CCBr)CC1. The Bertz CT molecular complexity index is 437. The second kappa shape index (κ2) is 6.80. The van der Waals surface area contributed by atoms with Gasteiger partial charge in [0.25, 0.3) is 0 Å². The molecule has 20 heavy (non-hydrogen) atoms. The molecule has 0 N–H and O–H groups in total. The summed E-state index contributed by atoms with van der Waals surface area (Å²) in [4.78, 5) is 4.14. The lowest BCUT2D eigenvalue weighted by atomic mass is 10.1. The monoisotopic (exact) mass is 350 g/mol. The van der Waals surface area contributed by atoms with E-state index in [0.717, 1.165) is 37.5 Å². The van der Waals surface area contributed by atoms with Crippen LogP contribution in [0.15, 0.2) is 24.3 Å². The smallest absolute Gasteiger partial charge is 0.370 e. The van der Waals surface area contributed by atoms with Crippen LogP contribution in [0.3, 0.4) is 0 Å². The van der Waals surface area contributed by atoms with Gasteiger partial charge in [-0.05, 0) is 25.1 Å². The third-order valence-electron chi connectivity index (χ3n) is 3.54. The lowest BCUT2D eigenvalue weighted by Gasteiger charge is -2.26. The van der Waals surface area contributed by atoms with E-state index in [-0.39, 0.29) is 0 Å². The van der Waals surface area contributed by atoms with Gasteiger partial charge in [0.15, 0.2) is 0 Å². The molecule has 2 rings (SSSR count). The molecule has 1 aliphatic heterocycles. The van der Waals surface area contributed by atoms with Crippen molar-refractivity contribution in [3.05, 3.63) is 29.8 Å². The highest BCUT2D eigenvalue weighted by atomic mass is 79.9. The Labute approximate surface area is 125 Å². The van der Waals surface area contributed by atoms with E-state index in [1.807, 2.05) is 4.90 Å². The molecule has 1 aliphatic rings. The zero-order valence-electron chi connectivity index (χ0n) is 11.2. The largest absolute Gasteiger partial charge is 0.418 e. The van der Waals surface area contributed by atoms with Crippen molar-refractivity contribution < 1.29 is 13.2 Å². The van der Waals surface area contributed by atoms with E-state index < -0.39 is 11.7 Å². The van der Waals surface area contributed by atoms with E-state index in [4.69, 9.17) is 0 Å². The molecule has 0 unspecified atom stereocenters. The van der Waals surface area contributed by atoms with Gasteiger partial charge in [0.2, 0.25) is 0 Å². The van der Waals surface area contributed by atoms with E-state index in [1.165, 1.54) is 6.07 Å². The minimum Gasteiger partial charge on any atom is -0.370 e. The molecule has 0 bridgehead atoms. The van der Waals surface area contributed by atoms with Gasteiger partial charge < -0.3 is 9.80 Å². The highest BCUT2D eigenvalue weighted by Gasteiger charge is 2.34. The van der Waals surface area contributed by atoms with Crippen molar-refractivity contribution in [3.63, 3.8) is 0 Å².